The van der Waals surface area contributed by atoms with Gasteiger partial charge in [0.25, 0.3) is 0 Å². The Hall–Kier alpha value is -2.14. The molecular formula is C18H21NO3S. The molecule has 122 valence electrons. The van der Waals surface area contributed by atoms with Gasteiger partial charge in [-0.2, -0.15) is 0 Å². The summed E-state index contributed by atoms with van der Waals surface area (Å²) in [5, 5.41) is 13.9. The minimum atomic E-state index is -0.849. The number of carboxylic acids is 1. The van der Waals surface area contributed by atoms with Gasteiger partial charge in [-0.3, -0.25) is 9.59 Å². The normalized spacial score (nSPS) is 11.8. The molecule has 1 aromatic carbocycles. The summed E-state index contributed by atoms with van der Waals surface area (Å²) in [7, 11) is 0. The average molecular weight is 331 g/mol. The van der Waals surface area contributed by atoms with E-state index in [0.717, 1.165) is 18.4 Å². The SMILES string of the molecule is O=C(O)CCC(NC(=O)CCCc1cccs1)c1ccccc1. The highest BCUT2D eigenvalue weighted by Gasteiger charge is 2.15. The summed E-state index contributed by atoms with van der Waals surface area (Å²) in [5.74, 6) is -0.876. The standard InChI is InChI=1S/C18H21NO3S/c20-17(10-4-8-15-9-5-13-23-15)19-16(11-12-18(21)22)14-6-2-1-3-7-14/h1-3,5-7,9,13,16H,4,8,10-12H2,(H,19,20)(H,21,22). The van der Waals surface area contributed by atoms with Crippen LogP contribution >= 0.6 is 11.3 Å². The lowest BCUT2D eigenvalue weighted by Crippen LogP contribution is -2.28. The summed E-state index contributed by atoms with van der Waals surface area (Å²) >= 11 is 1.70. The van der Waals surface area contributed by atoms with Crippen molar-refractivity contribution in [2.45, 2.75) is 38.1 Å². The average Bonchev–Trinajstić information content (AvgIpc) is 3.05. The molecule has 0 radical (unpaired) electrons. The van der Waals surface area contributed by atoms with Gasteiger partial charge in [-0.15, -0.1) is 11.3 Å². The molecule has 1 amide bonds. The zero-order valence-corrected chi connectivity index (χ0v) is 13.7. The van der Waals surface area contributed by atoms with E-state index >= 15 is 0 Å². The van der Waals surface area contributed by atoms with Crippen LogP contribution in [0.1, 0.15) is 42.2 Å². The van der Waals surface area contributed by atoms with E-state index in [0.29, 0.717) is 12.8 Å². The molecule has 1 heterocycles. The van der Waals surface area contributed by atoms with E-state index in [1.54, 1.807) is 11.3 Å². The molecule has 1 unspecified atom stereocenters. The third-order valence-electron chi connectivity index (χ3n) is 3.59. The van der Waals surface area contributed by atoms with Crippen molar-refractivity contribution in [1.82, 2.24) is 5.32 Å². The predicted octanol–water partition coefficient (Wildman–Crippen LogP) is 3.79. The third-order valence-corrected chi connectivity index (χ3v) is 4.53. The van der Waals surface area contributed by atoms with Crippen molar-refractivity contribution < 1.29 is 14.7 Å². The molecule has 4 nitrogen and oxygen atoms in total. The highest BCUT2D eigenvalue weighted by molar-refractivity contribution is 7.09. The zero-order chi connectivity index (χ0) is 16.5. The molecule has 0 aliphatic rings. The predicted molar refractivity (Wildman–Crippen MR) is 91.5 cm³/mol. The Balaban J connectivity index is 1.85. The summed E-state index contributed by atoms with van der Waals surface area (Å²) in [6.07, 6.45) is 2.59. The smallest absolute Gasteiger partial charge is 0.303 e. The molecule has 2 aromatic rings. The molecule has 5 heteroatoms. The van der Waals surface area contributed by atoms with Crippen molar-refractivity contribution in [2.24, 2.45) is 0 Å². The van der Waals surface area contributed by atoms with Crippen LogP contribution in [0.4, 0.5) is 0 Å². The topological polar surface area (TPSA) is 66.4 Å². The Labute approximate surface area is 140 Å². The molecule has 0 spiro atoms. The number of rotatable bonds is 9. The molecule has 0 bridgehead atoms. The van der Waals surface area contributed by atoms with E-state index in [1.165, 1.54) is 4.88 Å². The summed E-state index contributed by atoms with van der Waals surface area (Å²) in [6, 6.07) is 13.4. The van der Waals surface area contributed by atoms with Gasteiger partial charge >= 0.3 is 5.97 Å². The van der Waals surface area contributed by atoms with Crippen LogP contribution in [0.3, 0.4) is 0 Å². The first-order valence-electron chi connectivity index (χ1n) is 7.73. The van der Waals surface area contributed by atoms with Crippen molar-refractivity contribution in [2.75, 3.05) is 0 Å². The number of aliphatic carboxylic acids is 1. The van der Waals surface area contributed by atoms with Crippen molar-refractivity contribution >= 4 is 23.2 Å². The van der Waals surface area contributed by atoms with Gasteiger partial charge in [-0.05, 0) is 36.3 Å². The number of amides is 1. The summed E-state index contributed by atoms with van der Waals surface area (Å²) in [6.45, 7) is 0. The summed E-state index contributed by atoms with van der Waals surface area (Å²) in [5.41, 5.74) is 0.945. The fourth-order valence-corrected chi connectivity index (χ4v) is 3.17. The lowest BCUT2D eigenvalue weighted by atomic mass is 10.0. The van der Waals surface area contributed by atoms with Crippen molar-refractivity contribution in [3.05, 3.63) is 58.3 Å². The maximum Gasteiger partial charge on any atom is 0.303 e. The molecular weight excluding hydrogens is 310 g/mol. The van der Waals surface area contributed by atoms with Gasteiger partial charge in [0.15, 0.2) is 0 Å². The largest absolute Gasteiger partial charge is 0.481 e. The minimum Gasteiger partial charge on any atom is -0.481 e. The monoisotopic (exact) mass is 331 g/mol. The number of carboxylic acid groups (broad SMARTS) is 1. The Morgan fingerprint density at radius 1 is 1.09 bits per heavy atom. The van der Waals surface area contributed by atoms with E-state index in [4.69, 9.17) is 5.11 Å². The molecule has 23 heavy (non-hydrogen) atoms. The third kappa shape index (κ3) is 6.24. The number of carbonyl (C=O) groups is 2. The lowest BCUT2D eigenvalue weighted by Gasteiger charge is -2.18. The molecule has 2 N–H and O–H groups in total. The molecule has 0 aliphatic heterocycles. The molecule has 0 fully saturated rings. The van der Waals surface area contributed by atoms with E-state index in [2.05, 4.69) is 11.4 Å². The van der Waals surface area contributed by atoms with Gasteiger partial charge in [-0.25, -0.2) is 0 Å². The second-order valence-electron chi connectivity index (χ2n) is 5.40. The van der Waals surface area contributed by atoms with Gasteiger partial charge in [0.05, 0.1) is 6.04 Å². The van der Waals surface area contributed by atoms with Crippen LogP contribution in [0, 0.1) is 0 Å². The zero-order valence-electron chi connectivity index (χ0n) is 12.9. The van der Waals surface area contributed by atoms with Crippen molar-refractivity contribution in [3.63, 3.8) is 0 Å². The number of benzene rings is 1. The van der Waals surface area contributed by atoms with Gasteiger partial charge < -0.3 is 10.4 Å². The first kappa shape index (κ1) is 17.2. The Bertz CT molecular complexity index is 610. The number of carbonyl (C=O) groups excluding carboxylic acids is 1. The highest BCUT2D eigenvalue weighted by Crippen LogP contribution is 2.19. The van der Waals surface area contributed by atoms with Crippen LogP contribution in [0.5, 0.6) is 0 Å². The van der Waals surface area contributed by atoms with Gasteiger partial charge in [0.1, 0.15) is 0 Å². The first-order valence-corrected chi connectivity index (χ1v) is 8.61. The van der Waals surface area contributed by atoms with Crippen molar-refractivity contribution in [1.29, 1.82) is 0 Å². The molecule has 1 atom stereocenters. The number of nitrogens with one attached hydrogen (secondary N) is 1. The number of hydrogen-bond acceptors (Lipinski definition) is 3. The summed E-state index contributed by atoms with van der Waals surface area (Å²) in [4.78, 5) is 24.2. The molecule has 0 aliphatic carbocycles. The number of thiophene rings is 1. The molecule has 2 rings (SSSR count). The van der Waals surface area contributed by atoms with E-state index < -0.39 is 5.97 Å². The number of aryl methyl sites for hydroxylation is 1. The van der Waals surface area contributed by atoms with Gasteiger partial charge in [0, 0.05) is 17.7 Å². The van der Waals surface area contributed by atoms with Crippen LogP contribution in [-0.2, 0) is 16.0 Å². The molecule has 0 saturated heterocycles. The fourth-order valence-electron chi connectivity index (χ4n) is 2.42. The maximum atomic E-state index is 12.1. The Kier molecular flexibility index (Phi) is 6.81. The molecule has 0 saturated carbocycles. The van der Waals surface area contributed by atoms with Crippen molar-refractivity contribution in [3.8, 4) is 0 Å². The van der Waals surface area contributed by atoms with Gasteiger partial charge in [-0.1, -0.05) is 36.4 Å². The molecule has 1 aromatic heterocycles. The quantitative estimate of drug-likeness (QED) is 0.734. The van der Waals surface area contributed by atoms with E-state index in [9.17, 15) is 9.59 Å². The Morgan fingerprint density at radius 3 is 2.52 bits per heavy atom. The second kappa shape index (κ2) is 9.10. The fraction of sp³-hybridized carbons (Fsp3) is 0.333. The highest BCUT2D eigenvalue weighted by atomic mass is 32.1. The second-order valence-corrected chi connectivity index (χ2v) is 6.43. The van der Waals surface area contributed by atoms with Crippen LogP contribution < -0.4 is 5.32 Å². The van der Waals surface area contributed by atoms with E-state index in [1.807, 2.05) is 41.8 Å². The maximum absolute atomic E-state index is 12.1. The van der Waals surface area contributed by atoms with Crippen LogP contribution in [-0.4, -0.2) is 17.0 Å². The van der Waals surface area contributed by atoms with Crippen LogP contribution in [0.15, 0.2) is 47.8 Å². The Morgan fingerprint density at radius 2 is 1.87 bits per heavy atom. The lowest BCUT2D eigenvalue weighted by molar-refractivity contribution is -0.137. The number of hydrogen-bond donors (Lipinski definition) is 2. The van der Waals surface area contributed by atoms with Crippen LogP contribution in [0.25, 0.3) is 0 Å². The van der Waals surface area contributed by atoms with Crippen LogP contribution in [0.2, 0.25) is 0 Å². The minimum absolute atomic E-state index is 0.0270. The van der Waals surface area contributed by atoms with Gasteiger partial charge in [0.2, 0.25) is 5.91 Å². The summed E-state index contributed by atoms with van der Waals surface area (Å²) < 4.78 is 0. The van der Waals surface area contributed by atoms with E-state index in [-0.39, 0.29) is 18.4 Å². The first-order chi connectivity index (χ1) is 11.1.